The predicted octanol–water partition coefficient (Wildman–Crippen LogP) is 3.79. The highest BCUT2D eigenvalue weighted by atomic mass is 16.5. The quantitative estimate of drug-likeness (QED) is 0.755. The summed E-state index contributed by atoms with van der Waals surface area (Å²) in [5.41, 5.74) is 2.50. The van der Waals surface area contributed by atoms with Gasteiger partial charge in [-0.15, -0.1) is 0 Å². The van der Waals surface area contributed by atoms with E-state index in [1.165, 1.54) is 0 Å². The minimum Gasteiger partial charge on any atom is -0.488 e. The van der Waals surface area contributed by atoms with Crippen molar-refractivity contribution in [1.82, 2.24) is 0 Å². The van der Waals surface area contributed by atoms with Crippen molar-refractivity contribution >= 4 is 0 Å². The van der Waals surface area contributed by atoms with Gasteiger partial charge in [0.05, 0.1) is 5.56 Å². The smallest absolute Gasteiger partial charge is 0.145 e. The molecule has 88 valence electrons. The van der Waals surface area contributed by atoms with E-state index in [4.69, 9.17) is 10.00 Å². The van der Waals surface area contributed by atoms with Gasteiger partial charge >= 0.3 is 0 Å². The fourth-order valence-electron chi connectivity index (χ4n) is 1.77. The first-order valence-corrected chi connectivity index (χ1v) is 5.69. The molecule has 2 aromatic carbocycles. The van der Waals surface area contributed by atoms with E-state index in [0.29, 0.717) is 17.9 Å². The zero-order valence-electron chi connectivity index (χ0n) is 9.97. The molecule has 0 unspecified atom stereocenters. The fourth-order valence-corrected chi connectivity index (χ4v) is 1.77. The highest BCUT2D eigenvalue weighted by molar-refractivity contribution is 5.73. The van der Waals surface area contributed by atoms with E-state index in [1.807, 2.05) is 42.5 Å². The zero-order valence-corrected chi connectivity index (χ0v) is 9.97. The van der Waals surface area contributed by atoms with E-state index in [-0.39, 0.29) is 0 Å². The third kappa shape index (κ3) is 2.41. The van der Waals surface area contributed by atoms with Crippen LogP contribution in [0.15, 0.2) is 61.2 Å². The number of rotatable bonds is 4. The Labute approximate surface area is 107 Å². The molecule has 2 nitrogen and oxygen atoms in total. The van der Waals surface area contributed by atoms with Crippen LogP contribution in [0.5, 0.6) is 5.75 Å². The van der Waals surface area contributed by atoms with Crippen molar-refractivity contribution in [3.63, 3.8) is 0 Å². The molecule has 0 aliphatic carbocycles. The summed E-state index contributed by atoms with van der Waals surface area (Å²) in [6, 6.07) is 17.6. The molecule has 2 aromatic rings. The van der Waals surface area contributed by atoms with Crippen LogP contribution in [0, 0.1) is 11.3 Å². The molecule has 0 spiro atoms. The van der Waals surface area contributed by atoms with Crippen molar-refractivity contribution in [2.45, 2.75) is 0 Å². The van der Waals surface area contributed by atoms with Gasteiger partial charge in [-0.1, -0.05) is 55.1 Å². The van der Waals surface area contributed by atoms with Crippen LogP contribution in [-0.2, 0) is 0 Å². The molecule has 2 heteroatoms. The topological polar surface area (TPSA) is 33.0 Å². The number of ether oxygens (including phenoxy) is 1. The molecule has 18 heavy (non-hydrogen) atoms. The predicted molar refractivity (Wildman–Crippen MR) is 72.3 cm³/mol. The summed E-state index contributed by atoms with van der Waals surface area (Å²) in [6.45, 7) is 4.01. The van der Waals surface area contributed by atoms with Crippen LogP contribution in [0.4, 0.5) is 0 Å². The van der Waals surface area contributed by atoms with Crippen LogP contribution in [-0.4, -0.2) is 6.61 Å². The standard InChI is InChI=1S/C16H13NO/c1-2-11-18-16-14(12-17)9-6-10-15(16)13-7-4-3-5-8-13/h2-10H,1,11H2. The molecule has 0 heterocycles. The van der Waals surface area contributed by atoms with Gasteiger partial charge in [-0.3, -0.25) is 0 Å². The van der Waals surface area contributed by atoms with Gasteiger partial charge in [-0.05, 0) is 11.6 Å². The normalized spacial score (nSPS) is 9.50. The molecule has 0 N–H and O–H groups in total. The Kier molecular flexibility index (Phi) is 3.78. The summed E-state index contributed by atoms with van der Waals surface area (Å²) < 4.78 is 5.62. The lowest BCUT2D eigenvalue weighted by atomic mass is 10.0. The van der Waals surface area contributed by atoms with Gasteiger partial charge in [0.2, 0.25) is 0 Å². The van der Waals surface area contributed by atoms with E-state index in [2.05, 4.69) is 12.6 Å². The Morgan fingerprint density at radius 1 is 1.11 bits per heavy atom. The van der Waals surface area contributed by atoms with Crippen LogP contribution in [0.1, 0.15) is 5.56 Å². The van der Waals surface area contributed by atoms with Crippen LogP contribution < -0.4 is 4.74 Å². The lowest BCUT2D eigenvalue weighted by molar-refractivity contribution is 0.363. The molecule has 0 amide bonds. The molecule has 0 aromatic heterocycles. The van der Waals surface area contributed by atoms with Gasteiger partial charge in [0.25, 0.3) is 0 Å². The molecule has 0 bridgehead atoms. The largest absolute Gasteiger partial charge is 0.488 e. The van der Waals surface area contributed by atoms with E-state index < -0.39 is 0 Å². The highest BCUT2D eigenvalue weighted by Gasteiger charge is 2.10. The van der Waals surface area contributed by atoms with Crippen LogP contribution in [0.2, 0.25) is 0 Å². The molecule has 0 atom stereocenters. The third-order valence-corrected chi connectivity index (χ3v) is 2.57. The highest BCUT2D eigenvalue weighted by Crippen LogP contribution is 2.32. The Hall–Kier alpha value is -2.53. The molecule has 0 radical (unpaired) electrons. The maximum Gasteiger partial charge on any atom is 0.145 e. The molecule has 0 aliphatic heterocycles. The van der Waals surface area contributed by atoms with Crippen molar-refractivity contribution in [2.24, 2.45) is 0 Å². The van der Waals surface area contributed by atoms with E-state index in [1.54, 1.807) is 12.1 Å². The summed E-state index contributed by atoms with van der Waals surface area (Å²) in [5.74, 6) is 0.617. The summed E-state index contributed by atoms with van der Waals surface area (Å²) in [7, 11) is 0. The maximum absolute atomic E-state index is 9.13. The maximum atomic E-state index is 9.13. The minimum atomic E-state index is 0.387. The summed E-state index contributed by atoms with van der Waals surface area (Å²) in [4.78, 5) is 0. The first-order chi connectivity index (χ1) is 8.86. The zero-order chi connectivity index (χ0) is 12.8. The van der Waals surface area contributed by atoms with Crippen molar-refractivity contribution in [3.8, 4) is 22.9 Å². The van der Waals surface area contributed by atoms with Crippen LogP contribution in [0.25, 0.3) is 11.1 Å². The van der Waals surface area contributed by atoms with Crippen LogP contribution >= 0.6 is 0 Å². The Morgan fingerprint density at radius 3 is 2.56 bits per heavy atom. The molecular weight excluding hydrogens is 222 g/mol. The van der Waals surface area contributed by atoms with Crippen molar-refractivity contribution in [2.75, 3.05) is 6.61 Å². The van der Waals surface area contributed by atoms with E-state index >= 15 is 0 Å². The molecule has 0 saturated heterocycles. The number of para-hydroxylation sites is 1. The number of nitriles is 1. The van der Waals surface area contributed by atoms with Crippen molar-refractivity contribution < 1.29 is 4.74 Å². The number of hydrogen-bond acceptors (Lipinski definition) is 2. The van der Waals surface area contributed by atoms with E-state index in [0.717, 1.165) is 11.1 Å². The monoisotopic (exact) mass is 235 g/mol. The average molecular weight is 235 g/mol. The summed E-state index contributed by atoms with van der Waals surface area (Å²) in [6.07, 6.45) is 1.67. The molecule has 2 rings (SSSR count). The second-order valence-corrected chi connectivity index (χ2v) is 3.76. The molecule has 0 fully saturated rings. The summed E-state index contributed by atoms with van der Waals surface area (Å²) >= 11 is 0. The minimum absolute atomic E-state index is 0.387. The van der Waals surface area contributed by atoms with Crippen LogP contribution in [0.3, 0.4) is 0 Å². The average Bonchev–Trinajstić information content (AvgIpc) is 2.45. The van der Waals surface area contributed by atoms with Gasteiger partial charge < -0.3 is 4.74 Å². The number of hydrogen-bond donors (Lipinski definition) is 0. The molecule has 0 aliphatic rings. The third-order valence-electron chi connectivity index (χ3n) is 2.57. The second-order valence-electron chi connectivity index (χ2n) is 3.76. The molecule has 0 saturated carbocycles. The Bertz CT molecular complexity index is 582. The molecular formula is C16H13NO. The number of nitrogens with zero attached hydrogens (tertiary/aromatic N) is 1. The fraction of sp³-hybridized carbons (Fsp3) is 0.0625. The Balaban J connectivity index is 2.53. The van der Waals surface area contributed by atoms with E-state index in [9.17, 15) is 0 Å². The van der Waals surface area contributed by atoms with Crippen molar-refractivity contribution in [3.05, 3.63) is 66.7 Å². The van der Waals surface area contributed by atoms with Crippen molar-refractivity contribution in [1.29, 1.82) is 5.26 Å². The number of benzene rings is 2. The van der Waals surface area contributed by atoms with Gasteiger partial charge in [-0.2, -0.15) is 5.26 Å². The lowest BCUT2D eigenvalue weighted by Gasteiger charge is -2.11. The van der Waals surface area contributed by atoms with Gasteiger partial charge in [0, 0.05) is 5.56 Å². The second kappa shape index (κ2) is 5.70. The SMILES string of the molecule is C=CCOc1c(C#N)cccc1-c1ccccc1. The summed E-state index contributed by atoms with van der Waals surface area (Å²) in [5, 5.41) is 9.13. The van der Waals surface area contributed by atoms with Gasteiger partial charge in [-0.25, -0.2) is 0 Å². The first kappa shape index (κ1) is 11.9. The Morgan fingerprint density at radius 2 is 1.89 bits per heavy atom. The first-order valence-electron chi connectivity index (χ1n) is 5.69. The lowest BCUT2D eigenvalue weighted by Crippen LogP contribution is -1.97. The van der Waals surface area contributed by atoms with Gasteiger partial charge in [0.15, 0.2) is 0 Å². The van der Waals surface area contributed by atoms with Gasteiger partial charge in [0.1, 0.15) is 18.4 Å².